The van der Waals surface area contributed by atoms with E-state index in [9.17, 15) is 13.2 Å². The minimum Gasteiger partial charge on any atom is -0.385 e. The smallest absolute Gasteiger partial charge is 0.385 e. The minimum absolute atomic E-state index is 0.0356. The van der Waals surface area contributed by atoms with Crippen molar-refractivity contribution in [3.63, 3.8) is 0 Å². The van der Waals surface area contributed by atoms with Crippen LogP contribution in [-0.2, 0) is 4.74 Å². The maximum atomic E-state index is 12.2. The number of halogens is 3. The number of ether oxygens (including phenoxy) is 1. The van der Waals surface area contributed by atoms with Gasteiger partial charge in [-0.1, -0.05) is 13.8 Å². The molecule has 0 spiro atoms. The first-order valence-corrected chi connectivity index (χ1v) is 5.19. The number of nitrogens with one attached hydrogen (secondary N) is 1. The fourth-order valence-electron chi connectivity index (χ4n) is 1.49. The third-order valence-electron chi connectivity index (χ3n) is 2.38. The van der Waals surface area contributed by atoms with Crippen molar-refractivity contribution in [3.8, 4) is 0 Å². The highest BCUT2D eigenvalue weighted by Gasteiger charge is 2.33. The Labute approximate surface area is 89.2 Å². The molecule has 0 aromatic heterocycles. The fraction of sp³-hybridized carbons (Fsp3) is 1.00. The van der Waals surface area contributed by atoms with Gasteiger partial charge in [0.05, 0.1) is 6.42 Å². The normalized spacial score (nSPS) is 16.4. The Morgan fingerprint density at radius 3 is 2.33 bits per heavy atom. The number of alkyl halides is 3. The van der Waals surface area contributed by atoms with Gasteiger partial charge in [-0.3, -0.25) is 0 Å². The molecule has 92 valence electrons. The van der Waals surface area contributed by atoms with E-state index in [-0.39, 0.29) is 5.92 Å². The molecule has 2 unspecified atom stereocenters. The second-order valence-corrected chi connectivity index (χ2v) is 3.74. The lowest BCUT2D eigenvalue weighted by atomic mass is 9.95. The number of hydrogen-bond donors (Lipinski definition) is 1. The summed E-state index contributed by atoms with van der Waals surface area (Å²) in [6.45, 7) is 4.68. The minimum atomic E-state index is -4.10. The third-order valence-corrected chi connectivity index (χ3v) is 2.38. The summed E-state index contributed by atoms with van der Waals surface area (Å²) in [7, 11) is 1.55. The standard InChI is InChI=1S/C10H20F3NO/c1-4-14-9(7-10(11,12)13)8(2)5-6-15-3/h8-9,14H,4-7H2,1-3H3. The molecule has 0 aliphatic heterocycles. The van der Waals surface area contributed by atoms with E-state index in [1.165, 1.54) is 0 Å². The molecule has 0 bridgehead atoms. The average molecular weight is 227 g/mol. The van der Waals surface area contributed by atoms with E-state index >= 15 is 0 Å². The molecule has 0 heterocycles. The number of methoxy groups -OCH3 is 1. The SMILES string of the molecule is CCNC(CC(F)(F)F)C(C)CCOC. The number of hydrogen-bond acceptors (Lipinski definition) is 2. The van der Waals surface area contributed by atoms with Gasteiger partial charge < -0.3 is 10.1 Å². The first-order valence-electron chi connectivity index (χ1n) is 5.19. The molecule has 0 saturated heterocycles. The molecule has 0 aliphatic carbocycles. The van der Waals surface area contributed by atoms with Gasteiger partial charge in [0.1, 0.15) is 0 Å². The van der Waals surface area contributed by atoms with Gasteiger partial charge in [0, 0.05) is 19.8 Å². The molecule has 5 heteroatoms. The van der Waals surface area contributed by atoms with Crippen LogP contribution in [0.4, 0.5) is 13.2 Å². The first kappa shape index (κ1) is 14.7. The van der Waals surface area contributed by atoms with E-state index < -0.39 is 18.6 Å². The van der Waals surface area contributed by atoms with Gasteiger partial charge >= 0.3 is 6.18 Å². The highest BCUT2D eigenvalue weighted by Crippen LogP contribution is 2.25. The van der Waals surface area contributed by atoms with E-state index in [1.54, 1.807) is 7.11 Å². The van der Waals surface area contributed by atoms with Crippen LogP contribution in [0.3, 0.4) is 0 Å². The van der Waals surface area contributed by atoms with Crippen molar-refractivity contribution in [1.29, 1.82) is 0 Å². The molecule has 0 saturated carbocycles. The topological polar surface area (TPSA) is 21.3 Å². The van der Waals surface area contributed by atoms with Gasteiger partial charge in [0.2, 0.25) is 0 Å². The lowest BCUT2D eigenvalue weighted by Gasteiger charge is -2.25. The Balaban J connectivity index is 4.12. The quantitative estimate of drug-likeness (QED) is 0.721. The van der Waals surface area contributed by atoms with E-state index in [0.29, 0.717) is 19.6 Å². The summed E-state index contributed by atoms with van der Waals surface area (Å²) in [6.07, 6.45) is -4.23. The zero-order valence-electron chi connectivity index (χ0n) is 9.53. The van der Waals surface area contributed by atoms with Crippen LogP contribution in [0.1, 0.15) is 26.7 Å². The zero-order valence-corrected chi connectivity index (χ0v) is 9.53. The predicted molar refractivity (Wildman–Crippen MR) is 53.8 cm³/mol. The Kier molecular flexibility index (Phi) is 6.92. The summed E-state index contributed by atoms with van der Waals surface area (Å²) in [6, 6.07) is -0.509. The van der Waals surface area contributed by atoms with E-state index in [2.05, 4.69) is 5.32 Å². The van der Waals surface area contributed by atoms with Crippen LogP contribution in [0, 0.1) is 5.92 Å². The maximum absolute atomic E-state index is 12.2. The third kappa shape index (κ3) is 7.62. The first-order chi connectivity index (χ1) is 6.90. The zero-order chi connectivity index (χ0) is 11.9. The summed E-state index contributed by atoms with van der Waals surface area (Å²) in [5.41, 5.74) is 0. The molecule has 0 aliphatic rings. The van der Waals surface area contributed by atoms with Crippen LogP contribution in [-0.4, -0.2) is 32.5 Å². The Hall–Kier alpha value is -0.290. The maximum Gasteiger partial charge on any atom is 0.390 e. The Morgan fingerprint density at radius 2 is 1.93 bits per heavy atom. The van der Waals surface area contributed by atoms with Crippen molar-refractivity contribution in [2.45, 2.75) is 38.9 Å². The van der Waals surface area contributed by atoms with Gasteiger partial charge in [0.15, 0.2) is 0 Å². The van der Waals surface area contributed by atoms with Crippen LogP contribution in [0.2, 0.25) is 0 Å². The second kappa shape index (κ2) is 7.06. The molecule has 0 rings (SSSR count). The van der Waals surface area contributed by atoms with Crippen molar-refractivity contribution in [2.24, 2.45) is 5.92 Å². The molecule has 2 atom stereocenters. The van der Waals surface area contributed by atoms with Gasteiger partial charge in [-0.25, -0.2) is 0 Å². The molecular formula is C10H20F3NO. The molecule has 2 nitrogen and oxygen atoms in total. The van der Waals surface area contributed by atoms with Gasteiger partial charge in [-0.15, -0.1) is 0 Å². The van der Waals surface area contributed by atoms with Crippen molar-refractivity contribution in [1.82, 2.24) is 5.32 Å². The molecule has 15 heavy (non-hydrogen) atoms. The lowest BCUT2D eigenvalue weighted by Crippen LogP contribution is -2.39. The molecular weight excluding hydrogens is 207 g/mol. The van der Waals surface area contributed by atoms with Crippen LogP contribution in [0.25, 0.3) is 0 Å². The van der Waals surface area contributed by atoms with Crippen LogP contribution in [0.15, 0.2) is 0 Å². The van der Waals surface area contributed by atoms with Crippen molar-refractivity contribution >= 4 is 0 Å². The van der Waals surface area contributed by atoms with Crippen LogP contribution < -0.4 is 5.32 Å². The summed E-state index contributed by atoms with van der Waals surface area (Å²) >= 11 is 0. The molecule has 1 N–H and O–H groups in total. The second-order valence-electron chi connectivity index (χ2n) is 3.74. The summed E-state index contributed by atoms with van der Waals surface area (Å²) < 4.78 is 41.6. The lowest BCUT2D eigenvalue weighted by molar-refractivity contribution is -0.143. The Morgan fingerprint density at radius 1 is 1.33 bits per heavy atom. The Bertz CT molecular complexity index is 161. The van der Waals surface area contributed by atoms with E-state index in [1.807, 2.05) is 13.8 Å². The molecule has 0 aromatic carbocycles. The van der Waals surface area contributed by atoms with Gasteiger partial charge in [0.25, 0.3) is 0 Å². The highest BCUT2D eigenvalue weighted by atomic mass is 19.4. The van der Waals surface area contributed by atoms with Crippen molar-refractivity contribution in [2.75, 3.05) is 20.3 Å². The fourth-order valence-corrected chi connectivity index (χ4v) is 1.49. The van der Waals surface area contributed by atoms with E-state index in [4.69, 9.17) is 4.74 Å². The number of rotatable bonds is 7. The summed E-state index contributed by atoms with van der Waals surface area (Å²) in [5, 5.41) is 2.87. The van der Waals surface area contributed by atoms with E-state index in [0.717, 1.165) is 0 Å². The van der Waals surface area contributed by atoms with Crippen LogP contribution >= 0.6 is 0 Å². The summed E-state index contributed by atoms with van der Waals surface area (Å²) in [5.74, 6) is -0.0356. The van der Waals surface area contributed by atoms with Crippen molar-refractivity contribution < 1.29 is 17.9 Å². The predicted octanol–water partition coefficient (Wildman–Crippen LogP) is 2.59. The largest absolute Gasteiger partial charge is 0.390 e. The molecule has 0 aromatic rings. The summed E-state index contributed by atoms with van der Waals surface area (Å²) in [4.78, 5) is 0. The highest BCUT2D eigenvalue weighted by molar-refractivity contribution is 4.76. The molecule has 0 radical (unpaired) electrons. The van der Waals surface area contributed by atoms with Crippen molar-refractivity contribution in [3.05, 3.63) is 0 Å². The molecule has 0 fully saturated rings. The average Bonchev–Trinajstić information content (AvgIpc) is 2.11. The molecule has 0 amide bonds. The van der Waals surface area contributed by atoms with Gasteiger partial charge in [-0.05, 0) is 18.9 Å². The van der Waals surface area contributed by atoms with Gasteiger partial charge in [-0.2, -0.15) is 13.2 Å². The van der Waals surface area contributed by atoms with Crippen LogP contribution in [0.5, 0.6) is 0 Å². The monoisotopic (exact) mass is 227 g/mol.